The van der Waals surface area contributed by atoms with Crippen molar-refractivity contribution in [2.45, 2.75) is 12.5 Å². The van der Waals surface area contributed by atoms with Crippen molar-refractivity contribution in [1.82, 2.24) is 9.39 Å². The zero-order valence-electron chi connectivity index (χ0n) is 12.8. The molecule has 0 unspecified atom stereocenters. The second-order valence-electron chi connectivity index (χ2n) is 5.56. The molecule has 1 atom stereocenters. The Morgan fingerprint density at radius 2 is 2.00 bits per heavy atom. The van der Waals surface area contributed by atoms with Crippen molar-refractivity contribution in [1.29, 1.82) is 0 Å². The molecule has 0 fully saturated rings. The first-order valence-electron chi connectivity index (χ1n) is 6.51. The number of nitrogens with zero attached hydrogens (tertiary/aromatic N) is 2. The Morgan fingerprint density at radius 1 is 1.36 bits per heavy atom. The van der Waals surface area contributed by atoms with Gasteiger partial charge in [-0.05, 0) is 46.5 Å². The van der Waals surface area contributed by atoms with E-state index < -0.39 is 41.0 Å². The molecule has 22 heavy (non-hydrogen) atoms. The molecule has 1 aliphatic rings. The molecule has 1 aromatic rings. The van der Waals surface area contributed by atoms with E-state index in [1.165, 1.54) is 14.0 Å². The molecule has 0 saturated carbocycles. The number of hydrogen-bond donors (Lipinski definition) is 1. The highest BCUT2D eigenvalue weighted by atomic mass is 32.2. The topological polar surface area (TPSA) is 61.8 Å². The summed E-state index contributed by atoms with van der Waals surface area (Å²) in [5.41, 5.74) is -1.45. The van der Waals surface area contributed by atoms with E-state index in [9.17, 15) is 17.2 Å². The van der Waals surface area contributed by atoms with Crippen LogP contribution in [-0.2, 0) is 15.6 Å². The third kappa shape index (κ3) is 3.22. The van der Waals surface area contributed by atoms with Crippen molar-refractivity contribution >= 4 is 24.1 Å². The second kappa shape index (κ2) is 5.74. The molecule has 1 aliphatic heterocycles. The molecule has 1 heterocycles. The van der Waals surface area contributed by atoms with Gasteiger partial charge in [-0.3, -0.25) is 0 Å². The molecule has 9 heteroatoms. The molecule has 0 aliphatic carbocycles. The van der Waals surface area contributed by atoms with Gasteiger partial charge in [-0.1, -0.05) is 0 Å². The molecule has 2 rings (SSSR count). The maximum atomic E-state index is 14.1. The van der Waals surface area contributed by atoms with Gasteiger partial charge >= 0.3 is 0 Å². The average molecular weight is 349 g/mol. The number of aliphatic imine (C=N–C) groups is 1. The van der Waals surface area contributed by atoms with Crippen molar-refractivity contribution < 1.29 is 17.2 Å². The largest absolute Gasteiger partial charge is 0.335 e. The number of halogens is 2. The molecule has 0 bridgehead atoms. The van der Waals surface area contributed by atoms with E-state index in [2.05, 4.69) is 10.1 Å². The zero-order chi connectivity index (χ0) is 16.7. The summed E-state index contributed by atoms with van der Waals surface area (Å²) in [7, 11) is -2.96. The Labute approximate surface area is 130 Å². The molecule has 0 spiro atoms. The van der Waals surface area contributed by atoms with E-state index in [0.29, 0.717) is 0 Å². The van der Waals surface area contributed by atoms with Crippen LogP contribution >= 0.6 is 8.07 Å². The summed E-state index contributed by atoms with van der Waals surface area (Å²) >= 11 is 0. The maximum absolute atomic E-state index is 14.1. The number of sulfonamides is 1. The SMILES string of the molecule is CN1C(NP(C)C)=N[C@](C)(c2cc(F)ccc2F)CS1(=O)=O. The van der Waals surface area contributed by atoms with E-state index in [4.69, 9.17) is 0 Å². The summed E-state index contributed by atoms with van der Waals surface area (Å²) in [4.78, 5) is 4.36. The third-order valence-electron chi connectivity index (χ3n) is 3.36. The summed E-state index contributed by atoms with van der Waals surface area (Å²) in [5, 5.41) is 2.99. The first-order valence-corrected chi connectivity index (χ1v) is 10.4. The summed E-state index contributed by atoms with van der Waals surface area (Å²) in [5.74, 6) is -1.59. The van der Waals surface area contributed by atoms with Crippen LogP contribution in [0.5, 0.6) is 0 Å². The quantitative estimate of drug-likeness (QED) is 0.832. The Kier molecular flexibility index (Phi) is 4.46. The lowest BCUT2D eigenvalue weighted by Crippen LogP contribution is -2.51. The van der Waals surface area contributed by atoms with Crippen LogP contribution < -0.4 is 5.09 Å². The van der Waals surface area contributed by atoms with Crippen molar-refractivity contribution in [3.63, 3.8) is 0 Å². The Balaban J connectivity index is 2.61. The van der Waals surface area contributed by atoms with E-state index in [1.54, 1.807) is 0 Å². The van der Waals surface area contributed by atoms with Crippen LogP contribution in [0.2, 0.25) is 0 Å². The van der Waals surface area contributed by atoms with Crippen LogP contribution in [-0.4, -0.2) is 44.8 Å². The fourth-order valence-corrected chi connectivity index (χ4v) is 4.41. The van der Waals surface area contributed by atoms with E-state index in [1.807, 2.05) is 13.3 Å². The predicted molar refractivity (Wildman–Crippen MR) is 84.6 cm³/mol. The van der Waals surface area contributed by atoms with E-state index in [0.717, 1.165) is 22.5 Å². The van der Waals surface area contributed by atoms with Crippen LogP contribution in [0.3, 0.4) is 0 Å². The van der Waals surface area contributed by atoms with Crippen molar-refractivity contribution in [2.24, 2.45) is 4.99 Å². The Morgan fingerprint density at radius 3 is 2.59 bits per heavy atom. The highest BCUT2D eigenvalue weighted by Gasteiger charge is 2.42. The van der Waals surface area contributed by atoms with Gasteiger partial charge in [-0.15, -0.1) is 0 Å². The standard InChI is InChI=1S/C13H18F2N3O2PS/c1-13(10-7-9(14)5-6-11(10)15)8-22(19,20)18(2)12(16-13)17-21(3)4/h5-7H,8H2,1-4H3,(H,16,17)/t13-/m0/s1. The number of nitrogens with one attached hydrogen (secondary N) is 1. The zero-order valence-corrected chi connectivity index (χ0v) is 14.5. The molecule has 0 radical (unpaired) electrons. The number of guanidine groups is 1. The fourth-order valence-electron chi connectivity index (χ4n) is 2.26. The maximum Gasteiger partial charge on any atom is 0.239 e. The lowest BCUT2D eigenvalue weighted by Gasteiger charge is -2.36. The normalized spacial score (nSPS) is 24.3. The molecule has 0 saturated heterocycles. The van der Waals surface area contributed by atoms with Gasteiger partial charge in [0.25, 0.3) is 0 Å². The molecule has 1 N–H and O–H groups in total. The molecule has 122 valence electrons. The summed E-state index contributed by atoms with van der Waals surface area (Å²) in [6.07, 6.45) is 0. The predicted octanol–water partition coefficient (Wildman–Crippen LogP) is 2.06. The summed E-state index contributed by atoms with van der Waals surface area (Å²) < 4.78 is 53.3. The van der Waals surface area contributed by atoms with Gasteiger partial charge in [0.1, 0.15) is 17.2 Å². The fraction of sp³-hybridized carbons (Fsp3) is 0.462. The molecule has 5 nitrogen and oxygen atoms in total. The molecule has 0 amide bonds. The average Bonchev–Trinajstić information content (AvgIpc) is 2.37. The monoisotopic (exact) mass is 349 g/mol. The minimum Gasteiger partial charge on any atom is -0.335 e. The highest BCUT2D eigenvalue weighted by molar-refractivity contribution is 7.89. The molecular formula is C13H18F2N3O2PS. The molecule has 1 aromatic carbocycles. The minimum absolute atomic E-state index is 0.0694. The van der Waals surface area contributed by atoms with Gasteiger partial charge in [-0.2, -0.15) is 0 Å². The Bertz CT molecular complexity index is 724. The van der Waals surface area contributed by atoms with Gasteiger partial charge in [0.15, 0.2) is 0 Å². The van der Waals surface area contributed by atoms with Crippen LogP contribution in [0.4, 0.5) is 8.78 Å². The van der Waals surface area contributed by atoms with Gasteiger partial charge in [-0.25, -0.2) is 26.5 Å². The van der Waals surface area contributed by atoms with Crippen LogP contribution in [0, 0.1) is 11.6 Å². The van der Waals surface area contributed by atoms with Crippen LogP contribution in [0.25, 0.3) is 0 Å². The second-order valence-corrected chi connectivity index (χ2v) is 9.58. The minimum atomic E-state index is -3.68. The lowest BCUT2D eigenvalue weighted by atomic mass is 9.94. The first-order chi connectivity index (χ1) is 10.0. The van der Waals surface area contributed by atoms with Crippen LogP contribution in [0.15, 0.2) is 23.2 Å². The highest BCUT2D eigenvalue weighted by Crippen LogP contribution is 2.35. The molecule has 0 aromatic heterocycles. The number of benzene rings is 1. The van der Waals surface area contributed by atoms with Gasteiger partial charge in [0, 0.05) is 12.6 Å². The number of rotatable bonds is 2. The third-order valence-corrected chi connectivity index (χ3v) is 5.95. The van der Waals surface area contributed by atoms with E-state index >= 15 is 0 Å². The summed E-state index contributed by atoms with van der Waals surface area (Å²) in [6, 6.07) is 2.97. The molecular weight excluding hydrogens is 331 g/mol. The summed E-state index contributed by atoms with van der Waals surface area (Å²) in [6.45, 7) is 5.28. The van der Waals surface area contributed by atoms with Gasteiger partial charge in [0.2, 0.25) is 16.0 Å². The number of hydrogen-bond acceptors (Lipinski definition) is 4. The lowest BCUT2D eigenvalue weighted by molar-refractivity contribution is 0.452. The van der Waals surface area contributed by atoms with Crippen molar-refractivity contribution in [3.05, 3.63) is 35.4 Å². The van der Waals surface area contributed by atoms with Gasteiger partial charge in [0.05, 0.1) is 5.75 Å². The Hall–Kier alpha value is -1.27. The van der Waals surface area contributed by atoms with E-state index in [-0.39, 0.29) is 11.5 Å². The smallest absolute Gasteiger partial charge is 0.239 e. The first kappa shape index (κ1) is 17.1. The van der Waals surface area contributed by atoms with Gasteiger partial charge < -0.3 is 5.09 Å². The van der Waals surface area contributed by atoms with Crippen molar-refractivity contribution in [3.8, 4) is 0 Å². The van der Waals surface area contributed by atoms with Crippen molar-refractivity contribution in [2.75, 3.05) is 26.1 Å². The van der Waals surface area contributed by atoms with Crippen LogP contribution in [0.1, 0.15) is 12.5 Å².